The van der Waals surface area contributed by atoms with Crippen LogP contribution in [0.15, 0.2) is 18.2 Å². The van der Waals surface area contributed by atoms with Crippen molar-refractivity contribution < 1.29 is 9.47 Å². The zero-order valence-electron chi connectivity index (χ0n) is 13.7. The molecule has 1 atom stereocenters. The first-order valence-corrected chi connectivity index (χ1v) is 8.33. The maximum atomic E-state index is 6.36. The molecule has 118 valence electrons. The van der Waals surface area contributed by atoms with Crippen LogP contribution >= 0.6 is 0 Å². The number of hydrogen-bond donors (Lipinski definition) is 1. The Kier molecular flexibility index (Phi) is 6.37. The fraction of sp³-hybridized carbons (Fsp3) is 0.667. The van der Waals surface area contributed by atoms with Gasteiger partial charge in [-0.3, -0.25) is 0 Å². The molecule has 0 bridgehead atoms. The Labute approximate surface area is 129 Å². The fourth-order valence-corrected chi connectivity index (χ4v) is 3.18. The highest BCUT2D eigenvalue weighted by atomic mass is 16.5. The van der Waals surface area contributed by atoms with E-state index >= 15 is 0 Å². The van der Waals surface area contributed by atoms with Crippen molar-refractivity contribution in [2.45, 2.75) is 64.5 Å². The van der Waals surface area contributed by atoms with Gasteiger partial charge in [-0.05, 0) is 51.3 Å². The minimum absolute atomic E-state index is 0.229. The highest BCUT2D eigenvalue weighted by Gasteiger charge is 2.20. The third kappa shape index (κ3) is 4.37. The summed E-state index contributed by atoms with van der Waals surface area (Å²) in [6, 6.07) is 6.35. The van der Waals surface area contributed by atoms with Gasteiger partial charge in [0.1, 0.15) is 11.5 Å². The summed E-state index contributed by atoms with van der Waals surface area (Å²) in [6.45, 7) is 5.22. The van der Waals surface area contributed by atoms with Gasteiger partial charge in [-0.15, -0.1) is 0 Å². The molecule has 1 aliphatic rings. The minimum atomic E-state index is 0.229. The quantitative estimate of drug-likeness (QED) is 0.785. The molecule has 3 nitrogen and oxygen atoms in total. The molecule has 21 heavy (non-hydrogen) atoms. The molecule has 0 amide bonds. The molecule has 0 radical (unpaired) electrons. The van der Waals surface area contributed by atoms with Crippen LogP contribution in [0, 0.1) is 0 Å². The van der Waals surface area contributed by atoms with Crippen molar-refractivity contribution >= 4 is 0 Å². The molecular formula is C18H29NO2. The molecule has 1 unspecified atom stereocenters. The summed E-state index contributed by atoms with van der Waals surface area (Å²) in [5, 5.41) is 3.47. The van der Waals surface area contributed by atoms with Crippen LogP contribution in [-0.4, -0.2) is 19.8 Å². The van der Waals surface area contributed by atoms with Crippen molar-refractivity contribution in [1.82, 2.24) is 5.32 Å². The van der Waals surface area contributed by atoms with Crippen LogP contribution in [0.3, 0.4) is 0 Å². The van der Waals surface area contributed by atoms with Gasteiger partial charge in [-0.25, -0.2) is 0 Å². The van der Waals surface area contributed by atoms with Gasteiger partial charge in [-0.2, -0.15) is 0 Å². The smallest absolute Gasteiger partial charge is 0.128 e. The van der Waals surface area contributed by atoms with Crippen LogP contribution < -0.4 is 14.8 Å². The van der Waals surface area contributed by atoms with Gasteiger partial charge < -0.3 is 14.8 Å². The maximum Gasteiger partial charge on any atom is 0.128 e. The largest absolute Gasteiger partial charge is 0.496 e. The molecule has 1 saturated carbocycles. The number of benzene rings is 1. The normalized spacial score (nSPS) is 18.0. The SMILES string of the molecule is CCNC(C)c1c(OC)cccc1OC1CCCCCC1. The van der Waals surface area contributed by atoms with Gasteiger partial charge in [0, 0.05) is 6.04 Å². The standard InChI is InChI=1S/C18H29NO2/c1-4-19-14(2)18-16(20-3)12-9-13-17(18)21-15-10-7-5-6-8-11-15/h9,12-15,19H,4-8,10-11H2,1-3H3. The zero-order chi connectivity index (χ0) is 15.1. The van der Waals surface area contributed by atoms with Crippen molar-refractivity contribution in [2.24, 2.45) is 0 Å². The van der Waals surface area contributed by atoms with Crippen LogP contribution in [0.5, 0.6) is 11.5 Å². The van der Waals surface area contributed by atoms with Crippen LogP contribution in [-0.2, 0) is 0 Å². The summed E-state index contributed by atoms with van der Waals surface area (Å²) in [6.07, 6.45) is 7.96. The van der Waals surface area contributed by atoms with E-state index < -0.39 is 0 Å². The third-order valence-corrected chi connectivity index (χ3v) is 4.29. The number of hydrogen-bond acceptors (Lipinski definition) is 3. The Bertz CT molecular complexity index is 425. The Balaban J connectivity index is 2.20. The van der Waals surface area contributed by atoms with Crippen molar-refractivity contribution in [1.29, 1.82) is 0 Å². The maximum absolute atomic E-state index is 6.36. The van der Waals surface area contributed by atoms with Crippen molar-refractivity contribution in [3.63, 3.8) is 0 Å². The highest BCUT2D eigenvalue weighted by Crippen LogP contribution is 2.35. The van der Waals surface area contributed by atoms with E-state index in [0.717, 1.165) is 23.6 Å². The molecular weight excluding hydrogens is 262 g/mol. The van der Waals surface area contributed by atoms with E-state index in [9.17, 15) is 0 Å². The number of methoxy groups -OCH3 is 1. The Morgan fingerprint density at radius 3 is 2.43 bits per heavy atom. The van der Waals surface area contributed by atoms with E-state index in [2.05, 4.69) is 25.2 Å². The number of nitrogens with one attached hydrogen (secondary N) is 1. The van der Waals surface area contributed by atoms with E-state index in [1.807, 2.05) is 12.1 Å². The first-order chi connectivity index (χ1) is 10.3. The van der Waals surface area contributed by atoms with Crippen LogP contribution in [0.2, 0.25) is 0 Å². The predicted molar refractivity (Wildman–Crippen MR) is 87.2 cm³/mol. The van der Waals surface area contributed by atoms with E-state index in [0.29, 0.717) is 6.10 Å². The monoisotopic (exact) mass is 291 g/mol. The predicted octanol–water partition coefficient (Wildman–Crippen LogP) is 4.47. The number of rotatable bonds is 6. The first-order valence-electron chi connectivity index (χ1n) is 8.33. The van der Waals surface area contributed by atoms with Gasteiger partial charge in [-0.1, -0.05) is 25.8 Å². The molecule has 0 heterocycles. The lowest BCUT2D eigenvalue weighted by atomic mass is 10.0. The average Bonchev–Trinajstić information content (AvgIpc) is 2.76. The lowest BCUT2D eigenvalue weighted by molar-refractivity contribution is 0.180. The van der Waals surface area contributed by atoms with E-state index in [-0.39, 0.29) is 6.04 Å². The highest BCUT2D eigenvalue weighted by molar-refractivity contribution is 5.46. The summed E-state index contributed by atoms with van der Waals surface area (Å²) in [7, 11) is 1.73. The van der Waals surface area contributed by atoms with E-state index in [1.54, 1.807) is 7.11 Å². The average molecular weight is 291 g/mol. The molecule has 1 aliphatic carbocycles. The molecule has 1 aromatic carbocycles. The summed E-state index contributed by atoms with van der Waals surface area (Å²) < 4.78 is 11.9. The van der Waals surface area contributed by atoms with Gasteiger partial charge in [0.05, 0.1) is 18.8 Å². The lowest BCUT2D eigenvalue weighted by Gasteiger charge is -2.24. The summed E-state index contributed by atoms with van der Waals surface area (Å²) >= 11 is 0. The van der Waals surface area contributed by atoms with E-state index in [4.69, 9.17) is 9.47 Å². The van der Waals surface area contributed by atoms with Crippen molar-refractivity contribution in [3.05, 3.63) is 23.8 Å². The van der Waals surface area contributed by atoms with Crippen molar-refractivity contribution in [2.75, 3.05) is 13.7 Å². The van der Waals surface area contributed by atoms with Crippen molar-refractivity contribution in [3.8, 4) is 11.5 Å². The minimum Gasteiger partial charge on any atom is -0.496 e. The fourth-order valence-electron chi connectivity index (χ4n) is 3.18. The van der Waals surface area contributed by atoms with Gasteiger partial charge >= 0.3 is 0 Å². The molecule has 0 aliphatic heterocycles. The summed E-state index contributed by atoms with van der Waals surface area (Å²) in [5.74, 6) is 1.89. The van der Waals surface area contributed by atoms with Crippen LogP contribution in [0.1, 0.15) is 64.0 Å². The summed E-state index contributed by atoms with van der Waals surface area (Å²) in [5.41, 5.74) is 1.14. The molecule has 1 fully saturated rings. The topological polar surface area (TPSA) is 30.5 Å². The van der Waals surface area contributed by atoms with Gasteiger partial charge in [0.2, 0.25) is 0 Å². The molecule has 0 spiro atoms. The second-order valence-corrected chi connectivity index (χ2v) is 5.88. The third-order valence-electron chi connectivity index (χ3n) is 4.29. The second kappa shape index (κ2) is 8.28. The lowest BCUT2D eigenvalue weighted by Crippen LogP contribution is -2.21. The first kappa shape index (κ1) is 16.2. The molecule has 0 aromatic heterocycles. The molecule has 1 N–H and O–H groups in total. The molecule has 2 rings (SSSR count). The van der Waals surface area contributed by atoms with Gasteiger partial charge in [0.25, 0.3) is 0 Å². The van der Waals surface area contributed by atoms with Gasteiger partial charge in [0.15, 0.2) is 0 Å². The molecule has 3 heteroatoms. The Morgan fingerprint density at radius 2 is 1.81 bits per heavy atom. The summed E-state index contributed by atoms with van der Waals surface area (Å²) in [4.78, 5) is 0. The molecule has 1 aromatic rings. The Hall–Kier alpha value is -1.22. The van der Waals surface area contributed by atoms with Crippen LogP contribution in [0.4, 0.5) is 0 Å². The van der Waals surface area contributed by atoms with Crippen LogP contribution in [0.25, 0.3) is 0 Å². The Morgan fingerprint density at radius 1 is 1.14 bits per heavy atom. The zero-order valence-corrected chi connectivity index (χ0v) is 13.7. The number of ether oxygens (including phenoxy) is 2. The second-order valence-electron chi connectivity index (χ2n) is 5.88. The van der Waals surface area contributed by atoms with E-state index in [1.165, 1.54) is 38.5 Å². The molecule has 0 saturated heterocycles.